The molecule has 0 radical (unpaired) electrons. The Balaban J connectivity index is 1.58. The average molecular weight is 526 g/mol. The lowest BCUT2D eigenvalue weighted by Gasteiger charge is -2.30. The van der Waals surface area contributed by atoms with Gasteiger partial charge in [-0.1, -0.05) is 32.0 Å². The van der Waals surface area contributed by atoms with Crippen molar-refractivity contribution in [1.82, 2.24) is 9.71 Å². The molecule has 2 aromatic heterocycles. The fraction of sp³-hybridized carbons (Fsp3) is 0.407. The summed E-state index contributed by atoms with van der Waals surface area (Å²) in [4.78, 5) is 21.0. The summed E-state index contributed by atoms with van der Waals surface area (Å²) in [6.07, 6.45) is 4.39. The highest BCUT2D eigenvalue weighted by Crippen LogP contribution is 2.49. The summed E-state index contributed by atoms with van der Waals surface area (Å²) in [5.74, 6) is 0.229. The predicted octanol–water partition coefficient (Wildman–Crippen LogP) is 4.52. The molecule has 9 heteroatoms. The minimum Gasteiger partial charge on any atom is -0.378 e. The number of carbonyl (C=O) groups excluding carboxylic acids is 1. The van der Waals surface area contributed by atoms with Crippen molar-refractivity contribution in [1.29, 1.82) is 0 Å². The summed E-state index contributed by atoms with van der Waals surface area (Å²) < 4.78 is 31.2. The minimum atomic E-state index is -3.28. The van der Waals surface area contributed by atoms with Crippen molar-refractivity contribution in [2.75, 3.05) is 37.5 Å². The van der Waals surface area contributed by atoms with E-state index in [0.29, 0.717) is 19.6 Å². The van der Waals surface area contributed by atoms with Gasteiger partial charge in [-0.05, 0) is 46.7 Å². The number of carbonyl (C=O) groups is 1. The summed E-state index contributed by atoms with van der Waals surface area (Å²) in [6, 6.07) is 11.9. The van der Waals surface area contributed by atoms with Crippen LogP contribution in [0.5, 0.6) is 0 Å². The third-order valence-electron chi connectivity index (χ3n) is 6.64. The van der Waals surface area contributed by atoms with Crippen LogP contribution in [0.1, 0.15) is 41.1 Å². The van der Waals surface area contributed by atoms with Gasteiger partial charge >= 0.3 is 0 Å². The van der Waals surface area contributed by atoms with Crippen LogP contribution in [0.25, 0.3) is 22.4 Å². The lowest BCUT2D eigenvalue weighted by atomic mass is 9.75. The van der Waals surface area contributed by atoms with E-state index in [4.69, 9.17) is 4.74 Å². The molecule has 0 bridgehead atoms. The lowest BCUT2D eigenvalue weighted by Crippen LogP contribution is -2.36. The molecule has 7 nitrogen and oxygen atoms in total. The fourth-order valence-corrected chi connectivity index (χ4v) is 6.75. The van der Waals surface area contributed by atoms with Gasteiger partial charge in [-0.3, -0.25) is 9.78 Å². The number of hydrogen-bond donors (Lipinski definition) is 1. The van der Waals surface area contributed by atoms with Gasteiger partial charge in [0, 0.05) is 43.4 Å². The number of hydrogen-bond acceptors (Lipinski definition) is 7. The van der Waals surface area contributed by atoms with Crippen molar-refractivity contribution in [2.24, 2.45) is 5.41 Å². The lowest BCUT2D eigenvalue weighted by molar-refractivity contribution is 0.0918. The van der Waals surface area contributed by atoms with E-state index in [-0.39, 0.29) is 17.7 Å². The number of ketones is 1. The molecule has 0 saturated carbocycles. The van der Waals surface area contributed by atoms with Crippen molar-refractivity contribution in [3.63, 3.8) is 0 Å². The highest BCUT2D eigenvalue weighted by atomic mass is 32.2. The number of ether oxygens (including phenoxy) is 1. The number of nitrogens with one attached hydrogen (secondary N) is 1. The van der Waals surface area contributed by atoms with Gasteiger partial charge in [0.1, 0.15) is 0 Å². The normalized spacial score (nSPS) is 17.8. The van der Waals surface area contributed by atoms with E-state index in [1.54, 1.807) is 11.3 Å². The summed E-state index contributed by atoms with van der Waals surface area (Å²) >= 11 is 1.62. The van der Waals surface area contributed by atoms with Crippen molar-refractivity contribution in [2.45, 2.75) is 33.2 Å². The molecule has 3 aromatic rings. The SMILES string of the molecule is CC1(C)CC(=O)c2sc(N3CCOCC3)c(-c3ccnc(-c4cccc(CNS(C)(=O)=O)c4)c3)c2C1. The zero-order valence-electron chi connectivity index (χ0n) is 20.8. The smallest absolute Gasteiger partial charge is 0.209 e. The van der Waals surface area contributed by atoms with E-state index in [9.17, 15) is 13.2 Å². The minimum absolute atomic E-state index is 0.0843. The number of Topliss-reactive ketones (excluding diaryl/α,β-unsaturated/α-hetero) is 1. The molecule has 1 fully saturated rings. The second-order valence-electron chi connectivity index (χ2n) is 10.4. The van der Waals surface area contributed by atoms with E-state index in [1.165, 1.54) is 0 Å². The number of rotatable bonds is 6. The van der Waals surface area contributed by atoms with E-state index in [0.717, 1.165) is 69.2 Å². The highest BCUT2D eigenvalue weighted by molar-refractivity contribution is 7.88. The van der Waals surface area contributed by atoms with Gasteiger partial charge in [-0.15, -0.1) is 11.3 Å². The van der Waals surface area contributed by atoms with Crippen LogP contribution >= 0.6 is 11.3 Å². The van der Waals surface area contributed by atoms with Crippen LogP contribution in [0.15, 0.2) is 42.6 Å². The molecule has 1 aromatic carbocycles. The van der Waals surface area contributed by atoms with Crippen LogP contribution in [0.2, 0.25) is 0 Å². The Hall–Kier alpha value is -2.59. The number of morpholine rings is 1. The van der Waals surface area contributed by atoms with Crippen molar-refractivity contribution in [3.8, 4) is 22.4 Å². The van der Waals surface area contributed by atoms with Gasteiger partial charge in [0.05, 0.1) is 35.0 Å². The van der Waals surface area contributed by atoms with Gasteiger partial charge < -0.3 is 9.64 Å². The van der Waals surface area contributed by atoms with Crippen LogP contribution in [-0.2, 0) is 27.7 Å². The molecule has 0 unspecified atom stereocenters. The molecule has 0 spiro atoms. The molecule has 190 valence electrons. The molecule has 1 aliphatic carbocycles. The largest absolute Gasteiger partial charge is 0.378 e. The summed E-state index contributed by atoms with van der Waals surface area (Å²) in [7, 11) is -3.28. The first kappa shape index (κ1) is 25.1. The van der Waals surface area contributed by atoms with E-state index in [1.807, 2.05) is 36.5 Å². The van der Waals surface area contributed by atoms with Crippen LogP contribution < -0.4 is 9.62 Å². The number of aromatic nitrogens is 1. The average Bonchev–Trinajstić information content (AvgIpc) is 3.22. The van der Waals surface area contributed by atoms with E-state index >= 15 is 0 Å². The van der Waals surface area contributed by atoms with Gasteiger partial charge in [-0.25, -0.2) is 13.1 Å². The molecule has 1 saturated heterocycles. The molecular weight excluding hydrogens is 494 g/mol. The second-order valence-corrected chi connectivity index (χ2v) is 13.2. The molecule has 1 aliphatic heterocycles. The van der Waals surface area contributed by atoms with Gasteiger partial charge in [0.25, 0.3) is 0 Å². The second kappa shape index (κ2) is 9.70. The number of thiophene rings is 1. The summed E-state index contributed by atoms with van der Waals surface area (Å²) in [6.45, 7) is 7.52. The maximum Gasteiger partial charge on any atom is 0.209 e. The molecule has 5 rings (SSSR count). The molecule has 3 heterocycles. The van der Waals surface area contributed by atoms with Crippen LogP contribution in [-0.4, -0.2) is 51.7 Å². The number of sulfonamides is 1. The quantitative estimate of drug-likeness (QED) is 0.509. The number of anilines is 1. The number of nitrogens with zero attached hydrogens (tertiary/aromatic N) is 2. The Labute approximate surface area is 216 Å². The first-order valence-corrected chi connectivity index (χ1v) is 14.8. The molecule has 0 atom stereocenters. The highest BCUT2D eigenvalue weighted by Gasteiger charge is 2.37. The monoisotopic (exact) mass is 525 g/mol. The zero-order chi connectivity index (χ0) is 25.5. The van der Waals surface area contributed by atoms with Gasteiger partial charge in [0.15, 0.2) is 5.78 Å². The molecular formula is C27H31N3O4S2. The Morgan fingerprint density at radius 2 is 1.89 bits per heavy atom. The molecule has 36 heavy (non-hydrogen) atoms. The zero-order valence-corrected chi connectivity index (χ0v) is 22.5. The first-order chi connectivity index (χ1) is 17.1. The molecule has 0 amide bonds. The van der Waals surface area contributed by atoms with Crippen molar-refractivity contribution >= 4 is 32.1 Å². The fourth-order valence-electron chi connectivity index (χ4n) is 4.99. The summed E-state index contributed by atoms with van der Waals surface area (Å²) in [5.41, 5.74) is 5.83. The maximum atomic E-state index is 13.1. The number of pyridine rings is 1. The molecule has 1 N–H and O–H groups in total. The van der Waals surface area contributed by atoms with Crippen LogP contribution in [0, 0.1) is 5.41 Å². The predicted molar refractivity (Wildman–Crippen MR) is 144 cm³/mol. The van der Waals surface area contributed by atoms with Crippen molar-refractivity contribution in [3.05, 3.63) is 58.6 Å². The Kier molecular flexibility index (Phi) is 6.76. The van der Waals surface area contributed by atoms with Gasteiger partial charge in [0.2, 0.25) is 10.0 Å². The number of fused-ring (bicyclic) bond motifs is 1. The van der Waals surface area contributed by atoms with Crippen LogP contribution in [0.4, 0.5) is 5.00 Å². The maximum absolute atomic E-state index is 13.1. The standard InChI is InChI=1S/C27H31N3O4S2/c1-27(2)15-21-24(26(30-9-11-34-12-10-30)35-25(21)23(31)16-27)20-7-8-28-22(14-20)19-6-4-5-18(13-19)17-29-36(3,32)33/h4-8,13-14,29H,9-12,15-17H2,1-3H3. The Bertz CT molecular complexity index is 1410. The third-order valence-corrected chi connectivity index (χ3v) is 8.65. The third kappa shape index (κ3) is 5.39. The van der Waals surface area contributed by atoms with E-state index in [2.05, 4.69) is 34.5 Å². The number of benzene rings is 1. The Morgan fingerprint density at radius 1 is 1.11 bits per heavy atom. The van der Waals surface area contributed by atoms with Crippen molar-refractivity contribution < 1.29 is 17.9 Å². The summed E-state index contributed by atoms with van der Waals surface area (Å²) in [5, 5.41) is 1.14. The van der Waals surface area contributed by atoms with Crippen LogP contribution in [0.3, 0.4) is 0 Å². The van der Waals surface area contributed by atoms with E-state index < -0.39 is 10.0 Å². The Morgan fingerprint density at radius 3 is 2.64 bits per heavy atom. The first-order valence-electron chi connectivity index (χ1n) is 12.1. The van der Waals surface area contributed by atoms with Gasteiger partial charge in [-0.2, -0.15) is 0 Å². The topological polar surface area (TPSA) is 88.6 Å². The molecule has 2 aliphatic rings.